The first kappa shape index (κ1) is 24.2. The Morgan fingerprint density at radius 1 is 0.893 bits per heavy atom. The molecule has 1 rings (SSSR count). The van der Waals surface area contributed by atoms with Crippen LogP contribution in [0.4, 0.5) is 0 Å². The molecule has 0 heterocycles. The van der Waals surface area contributed by atoms with Crippen molar-refractivity contribution in [1.82, 2.24) is 0 Å². The third kappa shape index (κ3) is 11.1. The molecule has 0 aliphatic rings. The molecule has 1 aromatic carbocycles. The van der Waals surface area contributed by atoms with Crippen molar-refractivity contribution in [2.45, 2.75) is 69.6 Å². The number of carbonyl (C=O) groups excluding carboxylic acids is 1. The topological polar surface area (TPSA) is 89.9 Å². The first-order chi connectivity index (χ1) is 13.3. The molecule has 1 aromatic rings. The van der Waals surface area contributed by atoms with Gasteiger partial charge in [-0.3, -0.25) is 4.55 Å². The summed E-state index contributed by atoms with van der Waals surface area (Å²) in [7, 11) is -4.15. The van der Waals surface area contributed by atoms with E-state index in [0.717, 1.165) is 32.1 Å². The molecule has 0 fully saturated rings. The fraction of sp³-hybridized carbons (Fsp3) is 0.571. The fourth-order valence-electron chi connectivity index (χ4n) is 2.63. The molecule has 0 atom stereocenters. The number of unbranched alkanes of at least 4 members (excludes halogenated alkanes) is 8. The summed E-state index contributed by atoms with van der Waals surface area (Å²) in [5.41, 5.74) is 0.445. The van der Waals surface area contributed by atoms with Gasteiger partial charge in [-0.1, -0.05) is 51.5 Å². The maximum atomic E-state index is 11.2. The molecule has 0 aliphatic heterocycles. The van der Waals surface area contributed by atoms with Gasteiger partial charge in [0.15, 0.2) is 0 Å². The second-order valence-corrected chi connectivity index (χ2v) is 8.31. The van der Waals surface area contributed by atoms with Gasteiger partial charge in [-0.05, 0) is 44.0 Å². The lowest BCUT2D eigenvalue weighted by molar-refractivity contribution is -0.139. The predicted octanol–water partition coefficient (Wildman–Crippen LogP) is 4.94. The van der Waals surface area contributed by atoms with Gasteiger partial charge in [0, 0.05) is 5.57 Å². The molecule has 0 bridgehead atoms. The first-order valence-corrected chi connectivity index (χ1v) is 11.3. The molecule has 0 amide bonds. The van der Waals surface area contributed by atoms with Crippen molar-refractivity contribution in [2.75, 3.05) is 13.2 Å². The number of rotatable bonds is 15. The average Bonchev–Trinajstić information content (AvgIpc) is 2.64. The van der Waals surface area contributed by atoms with E-state index in [4.69, 9.17) is 14.0 Å². The smallest absolute Gasteiger partial charge is 0.333 e. The van der Waals surface area contributed by atoms with Crippen LogP contribution < -0.4 is 4.74 Å². The molecule has 0 aliphatic carbocycles. The van der Waals surface area contributed by atoms with Crippen LogP contribution in [0.2, 0.25) is 0 Å². The largest absolute Gasteiger partial charge is 0.494 e. The van der Waals surface area contributed by atoms with Crippen LogP contribution in [-0.2, 0) is 19.6 Å². The van der Waals surface area contributed by atoms with Crippen LogP contribution in [0.5, 0.6) is 5.75 Å². The Hall–Kier alpha value is -1.86. The highest BCUT2D eigenvalue weighted by atomic mass is 32.2. The van der Waals surface area contributed by atoms with E-state index in [2.05, 4.69) is 6.58 Å². The Kier molecular flexibility index (Phi) is 11.5. The van der Waals surface area contributed by atoms with Crippen molar-refractivity contribution < 1.29 is 27.2 Å². The Labute approximate surface area is 168 Å². The van der Waals surface area contributed by atoms with Crippen LogP contribution in [0, 0.1) is 0 Å². The molecule has 1 N–H and O–H groups in total. The average molecular weight is 413 g/mol. The normalized spacial score (nSPS) is 11.2. The predicted molar refractivity (Wildman–Crippen MR) is 109 cm³/mol. The molecule has 7 heteroatoms. The van der Waals surface area contributed by atoms with Gasteiger partial charge >= 0.3 is 5.97 Å². The number of hydrogen-bond acceptors (Lipinski definition) is 5. The summed E-state index contributed by atoms with van der Waals surface area (Å²) in [6.07, 6.45) is 9.97. The lowest BCUT2D eigenvalue weighted by atomic mass is 10.1. The number of hydrogen-bond donors (Lipinski definition) is 1. The van der Waals surface area contributed by atoms with E-state index in [0.29, 0.717) is 24.5 Å². The van der Waals surface area contributed by atoms with Gasteiger partial charge in [0.2, 0.25) is 0 Å². The van der Waals surface area contributed by atoms with Crippen molar-refractivity contribution in [3.63, 3.8) is 0 Å². The summed E-state index contributed by atoms with van der Waals surface area (Å²) in [6.45, 7) is 6.27. The highest BCUT2D eigenvalue weighted by Gasteiger charge is 2.08. The summed E-state index contributed by atoms with van der Waals surface area (Å²) < 4.78 is 41.5. The van der Waals surface area contributed by atoms with E-state index in [9.17, 15) is 13.2 Å². The zero-order valence-electron chi connectivity index (χ0n) is 16.7. The Bertz CT molecular complexity index is 694. The molecular formula is C21H32O6S. The maximum Gasteiger partial charge on any atom is 0.333 e. The third-order valence-corrected chi connectivity index (χ3v) is 5.13. The minimum atomic E-state index is -4.15. The Morgan fingerprint density at radius 3 is 1.82 bits per heavy atom. The van der Waals surface area contributed by atoms with Gasteiger partial charge in [0.05, 0.1) is 18.1 Å². The maximum absolute atomic E-state index is 11.2. The minimum Gasteiger partial charge on any atom is -0.494 e. The monoisotopic (exact) mass is 412 g/mol. The van der Waals surface area contributed by atoms with Crippen LogP contribution in [0.15, 0.2) is 41.3 Å². The van der Waals surface area contributed by atoms with Gasteiger partial charge < -0.3 is 9.47 Å². The Balaban J connectivity index is 1.92. The molecule has 0 unspecified atom stereocenters. The number of carbonyl (C=O) groups is 1. The standard InChI is InChI=1S/C21H32O6S/c1-18(2)21(22)27-17-11-9-7-5-3-4-6-8-10-16-26-19-12-14-20(15-13-19)28(23,24)25/h12-15H,1,3-11,16-17H2,2H3,(H,23,24,25). The fourth-order valence-corrected chi connectivity index (χ4v) is 3.11. The van der Waals surface area contributed by atoms with Crippen molar-refractivity contribution in [1.29, 1.82) is 0 Å². The van der Waals surface area contributed by atoms with Gasteiger partial charge in [-0.2, -0.15) is 8.42 Å². The van der Waals surface area contributed by atoms with Crippen LogP contribution in [0.25, 0.3) is 0 Å². The molecule has 28 heavy (non-hydrogen) atoms. The third-order valence-electron chi connectivity index (χ3n) is 4.26. The highest BCUT2D eigenvalue weighted by molar-refractivity contribution is 7.85. The van der Waals surface area contributed by atoms with E-state index in [1.54, 1.807) is 19.1 Å². The molecule has 0 aromatic heterocycles. The van der Waals surface area contributed by atoms with Crippen molar-refractivity contribution >= 4 is 16.1 Å². The van der Waals surface area contributed by atoms with Crippen molar-refractivity contribution in [3.8, 4) is 5.75 Å². The summed E-state index contributed by atoms with van der Waals surface area (Å²) in [6, 6.07) is 5.75. The molecular weight excluding hydrogens is 380 g/mol. The van der Waals surface area contributed by atoms with E-state index >= 15 is 0 Å². The summed E-state index contributed by atoms with van der Waals surface area (Å²) in [4.78, 5) is 11.1. The Morgan fingerprint density at radius 2 is 1.36 bits per heavy atom. The van der Waals surface area contributed by atoms with Gasteiger partial charge in [0.1, 0.15) is 5.75 Å². The zero-order chi connectivity index (χ0) is 20.8. The van der Waals surface area contributed by atoms with Gasteiger partial charge in [-0.15, -0.1) is 0 Å². The first-order valence-electron chi connectivity index (χ1n) is 9.83. The van der Waals surface area contributed by atoms with Gasteiger partial charge in [0.25, 0.3) is 10.1 Å². The summed E-state index contributed by atoms with van der Waals surface area (Å²) in [5, 5.41) is 0. The lowest BCUT2D eigenvalue weighted by Crippen LogP contribution is -2.05. The quantitative estimate of drug-likeness (QED) is 0.190. The number of ether oxygens (including phenoxy) is 2. The van der Waals surface area contributed by atoms with Crippen LogP contribution >= 0.6 is 0 Å². The highest BCUT2D eigenvalue weighted by Crippen LogP contribution is 2.16. The summed E-state index contributed by atoms with van der Waals surface area (Å²) >= 11 is 0. The van der Waals surface area contributed by atoms with Crippen LogP contribution in [0.1, 0.15) is 64.7 Å². The second-order valence-electron chi connectivity index (χ2n) is 6.89. The van der Waals surface area contributed by atoms with E-state index in [1.807, 2.05) is 0 Å². The van der Waals surface area contributed by atoms with Crippen molar-refractivity contribution in [3.05, 3.63) is 36.4 Å². The minimum absolute atomic E-state index is 0.132. The molecule has 6 nitrogen and oxygen atoms in total. The molecule has 0 saturated carbocycles. The van der Waals surface area contributed by atoms with E-state index < -0.39 is 10.1 Å². The SMILES string of the molecule is C=C(C)C(=O)OCCCCCCCCCCCOc1ccc(S(=O)(=O)O)cc1. The van der Waals surface area contributed by atoms with Crippen LogP contribution in [-0.4, -0.2) is 32.2 Å². The lowest BCUT2D eigenvalue weighted by Gasteiger charge is -2.07. The van der Waals surface area contributed by atoms with Crippen molar-refractivity contribution in [2.24, 2.45) is 0 Å². The number of esters is 1. The summed E-state index contributed by atoms with van der Waals surface area (Å²) in [5.74, 6) is 0.292. The zero-order valence-corrected chi connectivity index (χ0v) is 17.5. The van der Waals surface area contributed by atoms with E-state index in [-0.39, 0.29) is 10.9 Å². The van der Waals surface area contributed by atoms with E-state index in [1.165, 1.54) is 37.8 Å². The number of benzene rings is 1. The second kappa shape index (κ2) is 13.3. The molecule has 0 radical (unpaired) electrons. The van der Waals surface area contributed by atoms with Gasteiger partial charge in [-0.25, -0.2) is 4.79 Å². The molecule has 158 valence electrons. The molecule has 0 spiro atoms. The molecule has 0 saturated heterocycles. The van der Waals surface area contributed by atoms with Crippen LogP contribution in [0.3, 0.4) is 0 Å².